The molecule has 0 aliphatic heterocycles. The Morgan fingerprint density at radius 3 is 2.61 bits per heavy atom. The summed E-state index contributed by atoms with van der Waals surface area (Å²) in [6, 6.07) is 4.05. The van der Waals surface area contributed by atoms with Crippen LogP contribution in [0.15, 0.2) is 24.4 Å². The van der Waals surface area contributed by atoms with Crippen LogP contribution in [0.1, 0.15) is 68.3 Å². The number of anilines is 1. The Labute approximate surface area is 210 Å². The van der Waals surface area contributed by atoms with Crippen molar-refractivity contribution in [2.24, 2.45) is 11.8 Å². The van der Waals surface area contributed by atoms with Crippen molar-refractivity contribution in [3.05, 3.63) is 47.4 Å². The number of aromatic amines is 1. The zero-order chi connectivity index (χ0) is 25.8. The van der Waals surface area contributed by atoms with Crippen LogP contribution in [0, 0.1) is 24.7 Å². The smallest absolute Gasteiger partial charge is 0.270 e. The van der Waals surface area contributed by atoms with Crippen molar-refractivity contribution in [3.8, 4) is 11.1 Å². The molecule has 0 bridgehead atoms. The Morgan fingerprint density at radius 1 is 1.19 bits per heavy atom. The Hall–Kier alpha value is -3.56. The number of nitrogens with zero attached hydrogens (tertiary/aromatic N) is 4. The van der Waals surface area contributed by atoms with Crippen molar-refractivity contribution in [1.29, 1.82) is 0 Å². The predicted molar refractivity (Wildman–Crippen MR) is 135 cm³/mol. The second-order valence-corrected chi connectivity index (χ2v) is 9.54. The maximum atomic E-state index is 15.1. The summed E-state index contributed by atoms with van der Waals surface area (Å²) in [6.07, 6.45) is 5.87. The molecule has 36 heavy (non-hydrogen) atoms. The molecular formula is C26H34FN7O2. The Balaban J connectivity index is 1.55. The molecule has 1 fully saturated rings. The maximum absolute atomic E-state index is 15.1. The fourth-order valence-electron chi connectivity index (χ4n) is 5.00. The van der Waals surface area contributed by atoms with Crippen LogP contribution in [0.3, 0.4) is 0 Å². The molecule has 0 unspecified atom stereocenters. The molecule has 0 saturated heterocycles. The van der Waals surface area contributed by atoms with Crippen LogP contribution in [-0.2, 0) is 17.8 Å². The second kappa shape index (κ2) is 11.0. The fourth-order valence-corrected chi connectivity index (χ4v) is 5.00. The van der Waals surface area contributed by atoms with Gasteiger partial charge in [0.05, 0.1) is 5.69 Å². The number of hydrogen-bond donors (Lipinski definition) is 3. The number of halogens is 1. The first-order chi connectivity index (χ1) is 17.3. The quantitative estimate of drug-likeness (QED) is 0.404. The van der Waals surface area contributed by atoms with E-state index in [1.807, 2.05) is 20.8 Å². The van der Waals surface area contributed by atoms with Gasteiger partial charge in [-0.1, -0.05) is 26.7 Å². The Bertz CT molecular complexity index is 1230. The first-order valence-corrected chi connectivity index (χ1v) is 12.7. The molecule has 0 radical (unpaired) electrons. The summed E-state index contributed by atoms with van der Waals surface area (Å²) in [5.41, 5.74) is 2.93. The zero-order valence-electron chi connectivity index (χ0n) is 21.3. The van der Waals surface area contributed by atoms with Crippen LogP contribution >= 0.6 is 0 Å². The van der Waals surface area contributed by atoms with Gasteiger partial charge in [0.2, 0.25) is 11.9 Å². The SMILES string of the molecule is CCc1[nH]nc(C)c1-c1ccc(NC(=O)[C@@H](NC(=O)c2ccnn2CC)C2CCC(C)CC2)nc1F. The third-order valence-corrected chi connectivity index (χ3v) is 7.09. The van der Waals surface area contributed by atoms with Gasteiger partial charge in [-0.05, 0) is 63.1 Å². The van der Waals surface area contributed by atoms with Gasteiger partial charge in [-0.3, -0.25) is 19.4 Å². The Morgan fingerprint density at radius 2 is 1.94 bits per heavy atom. The van der Waals surface area contributed by atoms with Gasteiger partial charge in [0.1, 0.15) is 17.6 Å². The first kappa shape index (κ1) is 25.5. The summed E-state index contributed by atoms with van der Waals surface area (Å²) in [7, 11) is 0. The van der Waals surface area contributed by atoms with E-state index in [4.69, 9.17) is 0 Å². The van der Waals surface area contributed by atoms with Gasteiger partial charge in [-0.15, -0.1) is 0 Å². The van der Waals surface area contributed by atoms with E-state index in [-0.39, 0.29) is 17.6 Å². The van der Waals surface area contributed by atoms with Crippen molar-refractivity contribution in [3.63, 3.8) is 0 Å². The van der Waals surface area contributed by atoms with E-state index in [9.17, 15) is 9.59 Å². The number of amides is 2. The van der Waals surface area contributed by atoms with Crippen LogP contribution < -0.4 is 10.6 Å². The highest BCUT2D eigenvalue weighted by Gasteiger charge is 2.33. The average Bonchev–Trinajstić information content (AvgIpc) is 3.49. The van der Waals surface area contributed by atoms with Crippen molar-refractivity contribution in [2.45, 2.75) is 72.4 Å². The normalized spacial score (nSPS) is 18.6. The lowest BCUT2D eigenvalue weighted by Crippen LogP contribution is -2.49. The summed E-state index contributed by atoms with van der Waals surface area (Å²) in [4.78, 5) is 30.5. The van der Waals surface area contributed by atoms with Crippen molar-refractivity contribution < 1.29 is 14.0 Å². The van der Waals surface area contributed by atoms with Gasteiger partial charge in [-0.25, -0.2) is 4.98 Å². The van der Waals surface area contributed by atoms with E-state index in [0.29, 0.717) is 41.4 Å². The van der Waals surface area contributed by atoms with Crippen LogP contribution in [-0.4, -0.2) is 42.8 Å². The topological polar surface area (TPSA) is 118 Å². The molecule has 1 aliphatic carbocycles. The van der Waals surface area contributed by atoms with E-state index in [1.165, 1.54) is 0 Å². The number of pyridine rings is 1. The standard InChI is InChI=1S/C26H34FN7O2/c1-5-19-22(16(4)32-33-19)18-11-12-21(29-24(18)27)30-26(36)23(17-9-7-15(3)8-10-17)31-25(35)20-13-14-28-34(20)6-2/h11-15,17,23H,5-10H2,1-4H3,(H,31,35)(H,32,33)(H,29,30,36)/t15?,17?,23-/m0/s1. The number of nitrogens with one attached hydrogen (secondary N) is 3. The number of rotatable bonds is 8. The Kier molecular flexibility index (Phi) is 7.81. The molecule has 2 amide bonds. The lowest BCUT2D eigenvalue weighted by molar-refractivity contribution is -0.119. The minimum Gasteiger partial charge on any atom is -0.339 e. The number of hydrogen-bond acceptors (Lipinski definition) is 5. The molecule has 3 heterocycles. The molecule has 0 aromatic carbocycles. The second-order valence-electron chi connectivity index (χ2n) is 9.54. The van der Waals surface area contributed by atoms with Crippen LogP contribution in [0.2, 0.25) is 0 Å². The van der Waals surface area contributed by atoms with E-state index in [0.717, 1.165) is 31.4 Å². The number of aryl methyl sites for hydroxylation is 3. The zero-order valence-corrected chi connectivity index (χ0v) is 21.3. The molecule has 192 valence electrons. The minimum absolute atomic E-state index is 0.0204. The van der Waals surface area contributed by atoms with Gasteiger partial charge in [-0.2, -0.15) is 14.6 Å². The first-order valence-electron chi connectivity index (χ1n) is 12.7. The lowest BCUT2D eigenvalue weighted by Gasteiger charge is -2.32. The van der Waals surface area contributed by atoms with Gasteiger partial charge in [0.15, 0.2) is 0 Å². The molecule has 0 spiro atoms. The van der Waals surface area contributed by atoms with E-state index in [2.05, 4.69) is 37.8 Å². The van der Waals surface area contributed by atoms with Crippen LogP contribution in [0.25, 0.3) is 11.1 Å². The highest BCUT2D eigenvalue weighted by atomic mass is 19.1. The van der Waals surface area contributed by atoms with Gasteiger partial charge in [0.25, 0.3) is 5.91 Å². The molecule has 3 aromatic heterocycles. The predicted octanol–water partition coefficient (Wildman–Crippen LogP) is 4.26. The summed E-state index contributed by atoms with van der Waals surface area (Å²) in [5.74, 6) is -0.782. The number of carbonyl (C=O) groups excluding carboxylic acids is 2. The highest BCUT2D eigenvalue weighted by molar-refractivity contribution is 6.00. The molecule has 1 saturated carbocycles. The van der Waals surface area contributed by atoms with Crippen LogP contribution in [0.5, 0.6) is 0 Å². The number of H-pyrrole nitrogens is 1. The van der Waals surface area contributed by atoms with Crippen molar-refractivity contribution in [2.75, 3.05) is 5.32 Å². The summed E-state index contributed by atoms with van der Waals surface area (Å²) < 4.78 is 16.6. The summed E-state index contributed by atoms with van der Waals surface area (Å²) in [6.45, 7) is 8.41. The molecular weight excluding hydrogens is 461 g/mol. The number of carbonyl (C=O) groups is 2. The molecule has 1 atom stereocenters. The van der Waals surface area contributed by atoms with E-state index < -0.39 is 17.9 Å². The summed E-state index contributed by atoms with van der Waals surface area (Å²) in [5, 5.41) is 16.9. The number of aromatic nitrogens is 5. The lowest BCUT2D eigenvalue weighted by atomic mass is 9.79. The third-order valence-electron chi connectivity index (χ3n) is 7.09. The fraction of sp³-hybridized carbons (Fsp3) is 0.500. The van der Waals surface area contributed by atoms with Crippen molar-refractivity contribution >= 4 is 17.6 Å². The average molecular weight is 496 g/mol. The van der Waals surface area contributed by atoms with Gasteiger partial charge < -0.3 is 10.6 Å². The minimum atomic E-state index is -0.766. The van der Waals surface area contributed by atoms with Gasteiger partial charge in [0, 0.05) is 29.6 Å². The molecule has 9 nitrogen and oxygen atoms in total. The largest absolute Gasteiger partial charge is 0.339 e. The van der Waals surface area contributed by atoms with Crippen molar-refractivity contribution in [1.82, 2.24) is 30.3 Å². The maximum Gasteiger partial charge on any atom is 0.270 e. The van der Waals surface area contributed by atoms with Gasteiger partial charge >= 0.3 is 0 Å². The third kappa shape index (κ3) is 5.32. The highest BCUT2D eigenvalue weighted by Crippen LogP contribution is 2.32. The molecule has 3 aromatic rings. The monoisotopic (exact) mass is 495 g/mol. The molecule has 1 aliphatic rings. The van der Waals surface area contributed by atoms with E-state index in [1.54, 1.807) is 29.1 Å². The summed E-state index contributed by atoms with van der Waals surface area (Å²) >= 11 is 0. The molecule has 4 rings (SSSR count). The van der Waals surface area contributed by atoms with E-state index >= 15 is 4.39 Å². The molecule has 10 heteroatoms. The van der Waals surface area contributed by atoms with Crippen LogP contribution in [0.4, 0.5) is 10.2 Å². The molecule has 3 N–H and O–H groups in total.